The van der Waals surface area contributed by atoms with Crippen molar-refractivity contribution in [3.8, 4) is 11.5 Å². The molecule has 0 saturated carbocycles. The molecule has 0 saturated heterocycles. The van der Waals surface area contributed by atoms with Crippen molar-refractivity contribution < 1.29 is 9.21 Å². The zero-order chi connectivity index (χ0) is 20.4. The fourth-order valence-electron chi connectivity index (χ4n) is 3.14. The van der Waals surface area contributed by atoms with Gasteiger partial charge in [0.05, 0.1) is 0 Å². The molecule has 1 atom stereocenters. The molecule has 0 radical (unpaired) electrons. The molecule has 1 amide bonds. The highest BCUT2D eigenvalue weighted by Crippen LogP contribution is 2.28. The molecule has 4 aromatic rings. The summed E-state index contributed by atoms with van der Waals surface area (Å²) in [5.74, 6) is 0.947. The monoisotopic (exact) mass is 496 g/mol. The van der Waals surface area contributed by atoms with Crippen molar-refractivity contribution in [1.29, 1.82) is 0 Å². The number of carbonyl (C=O) groups is 1. The van der Waals surface area contributed by atoms with Gasteiger partial charge in [0.15, 0.2) is 5.58 Å². The lowest BCUT2D eigenvalue weighted by atomic mass is 9.98. The third kappa shape index (κ3) is 4.34. The van der Waals surface area contributed by atoms with Gasteiger partial charge in [-0.1, -0.05) is 26.0 Å². The lowest BCUT2D eigenvalue weighted by molar-refractivity contribution is 0.102. The largest absolute Gasteiger partial charge is 0.436 e. The Morgan fingerprint density at radius 2 is 1.90 bits per heavy atom. The number of amides is 1. The Kier molecular flexibility index (Phi) is 5.67. The molecule has 5 heteroatoms. The number of hydrogen-bond donors (Lipinski definition) is 1. The second kappa shape index (κ2) is 8.37. The van der Waals surface area contributed by atoms with Gasteiger partial charge in [-0.3, -0.25) is 4.79 Å². The van der Waals surface area contributed by atoms with E-state index in [2.05, 4.69) is 58.9 Å². The van der Waals surface area contributed by atoms with Crippen LogP contribution < -0.4 is 5.32 Å². The molecule has 4 rings (SSSR count). The van der Waals surface area contributed by atoms with Crippen molar-refractivity contribution in [1.82, 2.24) is 4.98 Å². The first-order chi connectivity index (χ1) is 14.0. The van der Waals surface area contributed by atoms with Crippen LogP contribution in [0.4, 0.5) is 5.69 Å². The number of carbonyl (C=O) groups excluding carboxylic acids is 1. The summed E-state index contributed by atoms with van der Waals surface area (Å²) >= 11 is 2.20. The van der Waals surface area contributed by atoms with Crippen molar-refractivity contribution in [2.45, 2.75) is 26.2 Å². The van der Waals surface area contributed by atoms with Crippen LogP contribution >= 0.6 is 22.6 Å². The fraction of sp³-hybridized carbons (Fsp3) is 0.167. The highest BCUT2D eigenvalue weighted by atomic mass is 127. The van der Waals surface area contributed by atoms with Gasteiger partial charge in [-0.25, -0.2) is 4.98 Å². The first-order valence-electron chi connectivity index (χ1n) is 9.61. The predicted molar refractivity (Wildman–Crippen MR) is 125 cm³/mol. The average molecular weight is 496 g/mol. The van der Waals surface area contributed by atoms with Crippen molar-refractivity contribution in [3.05, 3.63) is 81.4 Å². The molecule has 4 nitrogen and oxygen atoms in total. The number of aromatic nitrogens is 1. The van der Waals surface area contributed by atoms with Gasteiger partial charge in [-0.2, -0.15) is 0 Å². The molecule has 0 aliphatic carbocycles. The molecule has 1 N–H and O–H groups in total. The van der Waals surface area contributed by atoms with Crippen LogP contribution in [-0.4, -0.2) is 10.9 Å². The number of nitrogens with one attached hydrogen (secondary N) is 1. The van der Waals surface area contributed by atoms with Gasteiger partial charge in [0.1, 0.15) is 5.52 Å². The summed E-state index contributed by atoms with van der Waals surface area (Å²) in [4.78, 5) is 17.1. The van der Waals surface area contributed by atoms with E-state index in [0.717, 1.165) is 32.3 Å². The van der Waals surface area contributed by atoms with Gasteiger partial charge in [0.25, 0.3) is 5.91 Å². The number of rotatable bonds is 5. The zero-order valence-corrected chi connectivity index (χ0v) is 18.4. The minimum atomic E-state index is -0.129. The third-order valence-electron chi connectivity index (χ3n) is 5.07. The fourth-order valence-corrected chi connectivity index (χ4v) is 3.68. The van der Waals surface area contributed by atoms with E-state index in [1.165, 1.54) is 5.56 Å². The molecule has 0 spiro atoms. The lowest BCUT2D eigenvalue weighted by Crippen LogP contribution is -2.11. The van der Waals surface area contributed by atoms with Gasteiger partial charge >= 0.3 is 0 Å². The number of nitrogens with zero attached hydrogens (tertiary/aromatic N) is 1. The molecule has 0 fully saturated rings. The summed E-state index contributed by atoms with van der Waals surface area (Å²) in [6.45, 7) is 4.40. The van der Waals surface area contributed by atoms with Gasteiger partial charge < -0.3 is 9.73 Å². The van der Waals surface area contributed by atoms with Crippen LogP contribution in [-0.2, 0) is 0 Å². The van der Waals surface area contributed by atoms with Gasteiger partial charge in [0.2, 0.25) is 5.89 Å². The summed E-state index contributed by atoms with van der Waals surface area (Å²) in [6, 6.07) is 21.2. The minimum absolute atomic E-state index is 0.129. The van der Waals surface area contributed by atoms with Crippen LogP contribution in [0, 0.1) is 3.57 Å². The van der Waals surface area contributed by atoms with Crippen molar-refractivity contribution in [2.75, 3.05) is 5.32 Å². The van der Waals surface area contributed by atoms with Crippen LogP contribution in [0.25, 0.3) is 22.6 Å². The number of anilines is 1. The Morgan fingerprint density at radius 3 is 2.62 bits per heavy atom. The summed E-state index contributed by atoms with van der Waals surface area (Å²) in [5.41, 5.74) is 5.16. The molecule has 0 bridgehead atoms. The number of oxazole rings is 1. The molecule has 0 aliphatic rings. The van der Waals surface area contributed by atoms with Crippen LogP contribution in [0.15, 0.2) is 71.1 Å². The molecule has 146 valence electrons. The molecular formula is C24H21IN2O2. The standard InChI is InChI=1S/C24H21IN2O2/c1-3-15(2)17-9-12-22-21(14-17)27-24(29-22)16-7-10-20(11-8-16)26-23(28)18-5-4-6-19(25)13-18/h4-15H,3H2,1-2H3,(H,26,28)/t15-/m1/s1. The number of benzene rings is 3. The Bertz CT molecular complexity index is 1170. The molecule has 29 heavy (non-hydrogen) atoms. The van der Waals surface area contributed by atoms with E-state index < -0.39 is 0 Å². The lowest BCUT2D eigenvalue weighted by Gasteiger charge is -2.07. The second-order valence-corrected chi connectivity index (χ2v) is 8.34. The van der Waals surface area contributed by atoms with Gasteiger partial charge in [-0.15, -0.1) is 0 Å². The highest BCUT2D eigenvalue weighted by Gasteiger charge is 2.12. The van der Waals surface area contributed by atoms with Gasteiger partial charge in [-0.05, 0) is 95.1 Å². The van der Waals surface area contributed by atoms with E-state index in [1.54, 1.807) is 6.07 Å². The smallest absolute Gasteiger partial charge is 0.255 e. The maximum Gasteiger partial charge on any atom is 0.255 e. The van der Waals surface area contributed by atoms with E-state index >= 15 is 0 Å². The summed E-state index contributed by atoms with van der Waals surface area (Å²) in [7, 11) is 0. The molecule has 0 unspecified atom stereocenters. The maximum absolute atomic E-state index is 12.4. The quantitative estimate of drug-likeness (QED) is 0.307. The summed E-state index contributed by atoms with van der Waals surface area (Å²) < 4.78 is 6.95. The Labute approximate surface area is 183 Å². The SMILES string of the molecule is CC[C@@H](C)c1ccc2oc(-c3ccc(NC(=O)c4cccc(I)c4)cc3)nc2c1. The Morgan fingerprint density at radius 1 is 1.10 bits per heavy atom. The van der Waals surface area contributed by atoms with E-state index in [1.807, 2.05) is 48.5 Å². The maximum atomic E-state index is 12.4. The van der Waals surface area contributed by atoms with Crippen LogP contribution in [0.5, 0.6) is 0 Å². The normalized spacial score (nSPS) is 12.1. The van der Waals surface area contributed by atoms with Gasteiger partial charge in [0, 0.05) is 20.4 Å². The van der Waals surface area contributed by atoms with Crippen molar-refractivity contribution in [3.63, 3.8) is 0 Å². The first kappa shape index (κ1) is 19.6. The molecule has 1 heterocycles. The zero-order valence-electron chi connectivity index (χ0n) is 16.3. The summed E-state index contributed by atoms with van der Waals surface area (Å²) in [6.07, 6.45) is 1.09. The minimum Gasteiger partial charge on any atom is -0.436 e. The van der Waals surface area contributed by atoms with Crippen LogP contribution in [0.3, 0.4) is 0 Å². The summed E-state index contributed by atoms with van der Waals surface area (Å²) in [5, 5.41) is 2.92. The number of hydrogen-bond acceptors (Lipinski definition) is 3. The predicted octanol–water partition coefficient (Wildman–Crippen LogP) is 6.87. The Balaban J connectivity index is 1.53. The molecule has 3 aromatic carbocycles. The molecular weight excluding hydrogens is 475 g/mol. The highest BCUT2D eigenvalue weighted by molar-refractivity contribution is 14.1. The third-order valence-corrected chi connectivity index (χ3v) is 5.74. The van der Waals surface area contributed by atoms with E-state index in [4.69, 9.17) is 4.42 Å². The van der Waals surface area contributed by atoms with Crippen LogP contribution in [0.2, 0.25) is 0 Å². The van der Waals surface area contributed by atoms with Crippen LogP contribution in [0.1, 0.15) is 42.1 Å². The number of halogens is 1. The first-order valence-corrected chi connectivity index (χ1v) is 10.7. The van der Waals surface area contributed by atoms with E-state index in [9.17, 15) is 4.79 Å². The second-order valence-electron chi connectivity index (χ2n) is 7.10. The molecule has 0 aliphatic heterocycles. The van der Waals surface area contributed by atoms with Crippen molar-refractivity contribution >= 4 is 45.3 Å². The average Bonchev–Trinajstić information content (AvgIpc) is 3.17. The molecule has 1 aromatic heterocycles. The van der Waals surface area contributed by atoms with E-state index in [-0.39, 0.29) is 5.91 Å². The number of fused-ring (bicyclic) bond motifs is 1. The topological polar surface area (TPSA) is 55.1 Å². The Hall–Kier alpha value is -2.67. The van der Waals surface area contributed by atoms with E-state index in [0.29, 0.717) is 17.4 Å². The van der Waals surface area contributed by atoms with Crippen molar-refractivity contribution in [2.24, 2.45) is 0 Å².